The zero-order chi connectivity index (χ0) is 15.8. The number of benzene rings is 1. The lowest BCUT2D eigenvalue weighted by Crippen LogP contribution is -2.49. The first kappa shape index (κ1) is 15.1. The fourth-order valence-corrected chi connectivity index (χ4v) is 4.67. The summed E-state index contributed by atoms with van der Waals surface area (Å²) in [6, 6.07) is 8.98. The molecule has 2 heterocycles. The Labute approximate surface area is 139 Å². The number of para-hydroxylation sites is 2. The van der Waals surface area contributed by atoms with Crippen molar-refractivity contribution in [2.24, 2.45) is 11.8 Å². The van der Waals surface area contributed by atoms with E-state index in [-0.39, 0.29) is 0 Å². The standard InChI is InChI=1S/C20H27N3/c1-14-11-12-23(20-10-6-3-7-16(14)20)13-19-15(2)21-17-8-4-5-9-18(17)22-19/h4-5,8-9,14,16,20H,3,6-7,10-13H2,1-2H3/t14-,16+,20-/m0/s1. The average Bonchev–Trinajstić information content (AvgIpc) is 2.58. The maximum atomic E-state index is 4.92. The fourth-order valence-electron chi connectivity index (χ4n) is 4.67. The van der Waals surface area contributed by atoms with Crippen LogP contribution in [0, 0.1) is 18.8 Å². The maximum Gasteiger partial charge on any atom is 0.0890 e. The van der Waals surface area contributed by atoms with Crippen molar-refractivity contribution in [2.45, 2.75) is 58.5 Å². The van der Waals surface area contributed by atoms with Crippen LogP contribution in [0.1, 0.15) is 50.4 Å². The molecule has 1 aromatic heterocycles. The van der Waals surface area contributed by atoms with Gasteiger partial charge in [-0.05, 0) is 56.7 Å². The monoisotopic (exact) mass is 309 g/mol. The first-order valence-electron chi connectivity index (χ1n) is 9.18. The molecule has 1 aliphatic heterocycles. The van der Waals surface area contributed by atoms with Crippen molar-refractivity contribution in [1.82, 2.24) is 14.9 Å². The summed E-state index contributed by atoms with van der Waals surface area (Å²) in [5.74, 6) is 1.78. The van der Waals surface area contributed by atoms with E-state index in [4.69, 9.17) is 9.97 Å². The molecule has 0 unspecified atom stereocenters. The molecular formula is C20H27N3. The molecule has 0 spiro atoms. The number of nitrogens with zero attached hydrogens (tertiary/aromatic N) is 3. The van der Waals surface area contributed by atoms with Crippen LogP contribution in [0.15, 0.2) is 24.3 Å². The third-order valence-electron chi connectivity index (χ3n) is 6.05. The molecule has 1 aromatic carbocycles. The molecule has 0 radical (unpaired) electrons. The molecule has 1 saturated carbocycles. The first-order chi connectivity index (χ1) is 11.2. The SMILES string of the molecule is Cc1nc2ccccc2nc1CN1CC[C@H](C)[C@H]2CCCC[C@@H]21. The Morgan fingerprint density at radius 3 is 2.61 bits per heavy atom. The topological polar surface area (TPSA) is 29.0 Å². The van der Waals surface area contributed by atoms with Crippen LogP contribution in [-0.4, -0.2) is 27.5 Å². The lowest BCUT2D eigenvalue weighted by atomic mass is 9.72. The lowest BCUT2D eigenvalue weighted by Gasteiger charge is -2.47. The predicted molar refractivity (Wildman–Crippen MR) is 94.2 cm³/mol. The second-order valence-electron chi connectivity index (χ2n) is 7.50. The highest BCUT2D eigenvalue weighted by Gasteiger charge is 2.37. The van der Waals surface area contributed by atoms with Gasteiger partial charge >= 0.3 is 0 Å². The summed E-state index contributed by atoms with van der Waals surface area (Å²) in [5, 5.41) is 0. The van der Waals surface area contributed by atoms with Gasteiger partial charge in [-0.15, -0.1) is 0 Å². The van der Waals surface area contributed by atoms with Gasteiger partial charge in [0.25, 0.3) is 0 Å². The molecule has 2 fully saturated rings. The van der Waals surface area contributed by atoms with Crippen LogP contribution in [0.2, 0.25) is 0 Å². The predicted octanol–water partition coefficient (Wildman–Crippen LogP) is 4.34. The van der Waals surface area contributed by atoms with Crippen LogP contribution in [0.5, 0.6) is 0 Å². The summed E-state index contributed by atoms with van der Waals surface area (Å²) in [4.78, 5) is 12.4. The molecular weight excluding hydrogens is 282 g/mol. The number of hydrogen-bond donors (Lipinski definition) is 0. The summed E-state index contributed by atoms with van der Waals surface area (Å²) >= 11 is 0. The number of hydrogen-bond acceptors (Lipinski definition) is 3. The van der Waals surface area contributed by atoms with Crippen LogP contribution in [-0.2, 0) is 6.54 Å². The molecule has 4 rings (SSSR count). The van der Waals surface area contributed by atoms with Gasteiger partial charge in [-0.1, -0.05) is 31.9 Å². The van der Waals surface area contributed by atoms with E-state index in [1.54, 1.807) is 0 Å². The molecule has 1 saturated heterocycles. The Hall–Kier alpha value is -1.48. The number of likely N-dealkylation sites (tertiary alicyclic amines) is 1. The molecule has 0 bridgehead atoms. The number of piperidine rings is 1. The summed E-state index contributed by atoms with van der Waals surface area (Å²) in [5.41, 5.74) is 4.30. The normalized spacial score (nSPS) is 28.7. The van der Waals surface area contributed by atoms with Gasteiger partial charge in [0, 0.05) is 12.6 Å². The van der Waals surface area contributed by atoms with Gasteiger partial charge in [0.2, 0.25) is 0 Å². The summed E-state index contributed by atoms with van der Waals surface area (Å²) in [6.45, 7) is 6.76. The minimum absolute atomic E-state index is 0.764. The lowest BCUT2D eigenvalue weighted by molar-refractivity contribution is 0.0195. The Morgan fingerprint density at radius 1 is 1.04 bits per heavy atom. The highest BCUT2D eigenvalue weighted by atomic mass is 15.2. The fraction of sp³-hybridized carbons (Fsp3) is 0.600. The highest BCUT2D eigenvalue weighted by Crippen LogP contribution is 2.39. The Morgan fingerprint density at radius 2 is 1.78 bits per heavy atom. The van der Waals surface area contributed by atoms with Gasteiger partial charge in [0.15, 0.2) is 0 Å². The smallest absolute Gasteiger partial charge is 0.0890 e. The van der Waals surface area contributed by atoms with Crippen molar-refractivity contribution in [2.75, 3.05) is 6.54 Å². The first-order valence-corrected chi connectivity index (χ1v) is 9.18. The molecule has 23 heavy (non-hydrogen) atoms. The van der Waals surface area contributed by atoms with Gasteiger partial charge in [0.05, 0.1) is 22.4 Å². The van der Waals surface area contributed by atoms with Crippen molar-refractivity contribution in [3.05, 3.63) is 35.7 Å². The summed E-state index contributed by atoms with van der Waals surface area (Å²) < 4.78 is 0. The molecule has 2 aromatic rings. The molecule has 3 nitrogen and oxygen atoms in total. The zero-order valence-electron chi connectivity index (χ0n) is 14.3. The number of aromatic nitrogens is 2. The molecule has 3 heteroatoms. The zero-order valence-corrected chi connectivity index (χ0v) is 14.3. The Balaban J connectivity index is 1.60. The third-order valence-corrected chi connectivity index (χ3v) is 6.05. The van der Waals surface area contributed by atoms with Gasteiger partial charge in [0.1, 0.15) is 0 Å². The summed E-state index contributed by atoms with van der Waals surface area (Å²) in [6.07, 6.45) is 6.95. The van der Waals surface area contributed by atoms with E-state index in [2.05, 4.69) is 36.9 Å². The van der Waals surface area contributed by atoms with Crippen molar-refractivity contribution >= 4 is 11.0 Å². The minimum atomic E-state index is 0.764. The van der Waals surface area contributed by atoms with Crippen LogP contribution in [0.25, 0.3) is 11.0 Å². The van der Waals surface area contributed by atoms with E-state index < -0.39 is 0 Å². The second kappa shape index (κ2) is 6.20. The van der Waals surface area contributed by atoms with Crippen molar-refractivity contribution < 1.29 is 0 Å². The summed E-state index contributed by atoms with van der Waals surface area (Å²) in [7, 11) is 0. The van der Waals surface area contributed by atoms with Gasteiger partial charge in [-0.2, -0.15) is 0 Å². The Bertz CT molecular complexity index is 696. The Kier molecular flexibility index (Phi) is 4.06. The molecule has 0 amide bonds. The van der Waals surface area contributed by atoms with E-state index in [1.165, 1.54) is 44.3 Å². The molecule has 122 valence electrons. The van der Waals surface area contributed by atoms with Crippen molar-refractivity contribution in [3.8, 4) is 0 Å². The van der Waals surface area contributed by atoms with Crippen LogP contribution >= 0.6 is 0 Å². The average molecular weight is 309 g/mol. The van der Waals surface area contributed by atoms with E-state index in [1.807, 2.05) is 6.07 Å². The molecule has 3 atom stereocenters. The van der Waals surface area contributed by atoms with Gasteiger partial charge in [-0.25, -0.2) is 9.97 Å². The van der Waals surface area contributed by atoms with E-state index in [9.17, 15) is 0 Å². The van der Waals surface area contributed by atoms with E-state index in [0.29, 0.717) is 0 Å². The number of rotatable bonds is 2. The van der Waals surface area contributed by atoms with Crippen LogP contribution in [0.3, 0.4) is 0 Å². The molecule has 1 aliphatic carbocycles. The third kappa shape index (κ3) is 2.87. The van der Waals surface area contributed by atoms with E-state index >= 15 is 0 Å². The van der Waals surface area contributed by atoms with Crippen LogP contribution in [0.4, 0.5) is 0 Å². The molecule has 2 aliphatic rings. The van der Waals surface area contributed by atoms with Gasteiger partial charge in [-0.3, -0.25) is 4.90 Å². The minimum Gasteiger partial charge on any atom is -0.294 e. The highest BCUT2D eigenvalue weighted by molar-refractivity contribution is 5.74. The second-order valence-corrected chi connectivity index (χ2v) is 7.50. The molecule has 0 N–H and O–H groups in total. The van der Waals surface area contributed by atoms with Crippen molar-refractivity contribution in [1.29, 1.82) is 0 Å². The number of aryl methyl sites for hydroxylation is 1. The maximum absolute atomic E-state index is 4.92. The quantitative estimate of drug-likeness (QED) is 0.826. The number of fused-ring (bicyclic) bond motifs is 2. The van der Waals surface area contributed by atoms with E-state index in [0.717, 1.165) is 41.1 Å². The largest absolute Gasteiger partial charge is 0.294 e. The van der Waals surface area contributed by atoms with Gasteiger partial charge < -0.3 is 0 Å². The van der Waals surface area contributed by atoms with Crippen LogP contribution < -0.4 is 0 Å². The van der Waals surface area contributed by atoms with Crippen molar-refractivity contribution in [3.63, 3.8) is 0 Å².